The van der Waals surface area contributed by atoms with E-state index in [1.54, 1.807) is 0 Å². The number of hydrogen-bond donors (Lipinski definition) is 0. The molecular weight excluding hydrogens is 344 g/mol. The van der Waals surface area contributed by atoms with Crippen LogP contribution in [0.3, 0.4) is 0 Å². The third-order valence-electron chi connectivity index (χ3n) is 5.57. The summed E-state index contributed by atoms with van der Waals surface area (Å²) in [5, 5.41) is 0.139. The molecule has 140 valence electrons. The van der Waals surface area contributed by atoms with E-state index in [4.69, 9.17) is 4.43 Å². The van der Waals surface area contributed by atoms with Crippen LogP contribution in [0, 0.1) is 6.92 Å². The molecule has 0 heterocycles. The lowest BCUT2D eigenvalue weighted by molar-refractivity contribution is 0.495. The molecule has 3 aromatic carbocycles. The second-order valence-corrected chi connectivity index (χ2v) is 13.5. The highest BCUT2D eigenvalue weighted by molar-refractivity contribution is 6.74. The van der Waals surface area contributed by atoms with Crippen LogP contribution in [0.15, 0.2) is 72.8 Å². The van der Waals surface area contributed by atoms with E-state index in [0.29, 0.717) is 0 Å². The predicted octanol–water partition coefficient (Wildman–Crippen LogP) is 7.71. The molecule has 0 fully saturated rings. The molecule has 3 rings (SSSR count). The lowest BCUT2D eigenvalue weighted by atomic mass is 9.95. The Balaban J connectivity index is 2.27. The average Bonchev–Trinajstić information content (AvgIpc) is 2.63. The average molecular weight is 375 g/mol. The van der Waals surface area contributed by atoms with E-state index < -0.39 is 8.32 Å². The number of hydrogen-bond acceptors (Lipinski definition) is 1. The van der Waals surface area contributed by atoms with E-state index in [2.05, 4.69) is 114 Å². The first kappa shape index (κ1) is 19.4. The number of benzene rings is 3. The van der Waals surface area contributed by atoms with E-state index in [-0.39, 0.29) is 5.04 Å². The SMILES string of the molecule is Cc1cc(-c2ccccc2)c(O[Si](C)(C)C(C)(C)C)c(-c2ccccc2)c1. The van der Waals surface area contributed by atoms with Gasteiger partial charge in [-0.25, -0.2) is 0 Å². The quantitative estimate of drug-likeness (QED) is 0.425. The molecule has 0 aliphatic heterocycles. The third-order valence-corrected chi connectivity index (χ3v) is 9.89. The molecule has 1 nitrogen and oxygen atoms in total. The topological polar surface area (TPSA) is 9.23 Å². The van der Waals surface area contributed by atoms with Crippen molar-refractivity contribution >= 4 is 8.32 Å². The van der Waals surface area contributed by atoms with Crippen molar-refractivity contribution in [3.05, 3.63) is 78.4 Å². The first-order chi connectivity index (χ1) is 12.7. The van der Waals surface area contributed by atoms with Crippen LogP contribution >= 0.6 is 0 Å². The Morgan fingerprint density at radius 2 is 1.11 bits per heavy atom. The van der Waals surface area contributed by atoms with Crippen molar-refractivity contribution in [2.75, 3.05) is 0 Å². The summed E-state index contributed by atoms with van der Waals surface area (Å²) in [6.07, 6.45) is 0. The van der Waals surface area contributed by atoms with Crippen LogP contribution in [0.2, 0.25) is 18.1 Å². The highest BCUT2D eigenvalue weighted by Crippen LogP contribution is 2.45. The van der Waals surface area contributed by atoms with Crippen molar-refractivity contribution in [2.45, 2.75) is 45.8 Å². The fourth-order valence-electron chi connectivity index (χ4n) is 2.96. The second kappa shape index (κ2) is 7.36. The summed E-state index contributed by atoms with van der Waals surface area (Å²) < 4.78 is 6.93. The summed E-state index contributed by atoms with van der Waals surface area (Å²) in [6, 6.07) is 25.7. The molecular formula is C25H30OSi. The Labute approximate surface area is 165 Å². The molecule has 2 heteroatoms. The lowest BCUT2D eigenvalue weighted by Gasteiger charge is -2.38. The van der Waals surface area contributed by atoms with Crippen LogP contribution in [-0.4, -0.2) is 8.32 Å². The van der Waals surface area contributed by atoms with Crippen LogP contribution in [-0.2, 0) is 0 Å². The summed E-state index contributed by atoms with van der Waals surface area (Å²) >= 11 is 0. The highest BCUT2D eigenvalue weighted by Gasteiger charge is 2.40. The van der Waals surface area contributed by atoms with E-state index in [9.17, 15) is 0 Å². The molecule has 0 radical (unpaired) electrons. The van der Waals surface area contributed by atoms with Gasteiger partial charge in [-0.1, -0.05) is 81.4 Å². The molecule has 0 aliphatic carbocycles. The van der Waals surface area contributed by atoms with Crippen LogP contribution in [0.1, 0.15) is 26.3 Å². The largest absolute Gasteiger partial charge is 0.543 e. The maximum Gasteiger partial charge on any atom is 0.250 e. The molecule has 0 bridgehead atoms. The summed E-state index contributed by atoms with van der Waals surface area (Å²) in [4.78, 5) is 0. The molecule has 3 aromatic rings. The number of aryl methyl sites for hydroxylation is 1. The molecule has 0 unspecified atom stereocenters. The summed E-state index contributed by atoms with van der Waals surface area (Å²) in [5.41, 5.74) is 6.01. The lowest BCUT2D eigenvalue weighted by Crippen LogP contribution is -2.44. The van der Waals surface area contributed by atoms with Crippen LogP contribution in [0.25, 0.3) is 22.3 Å². The zero-order valence-corrected chi connectivity index (χ0v) is 18.3. The normalized spacial score (nSPS) is 12.1. The van der Waals surface area contributed by atoms with Crippen LogP contribution in [0.4, 0.5) is 0 Å². The first-order valence-electron chi connectivity index (χ1n) is 9.63. The molecule has 0 aromatic heterocycles. The maximum absolute atomic E-state index is 6.93. The fraction of sp³-hybridized carbons (Fsp3) is 0.280. The van der Waals surface area contributed by atoms with Crippen molar-refractivity contribution < 1.29 is 4.43 Å². The Morgan fingerprint density at radius 1 is 0.704 bits per heavy atom. The first-order valence-corrected chi connectivity index (χ1v) is 12.5. The molecule has 27 heavy (non-hydrogen) atoms. The summed E-state index contributed by atoms with van der Waals surface area (Å²) in [7, 11) is -1.99. The predicted molar refractivity (Wildman–Crippen MR) is 120 cm³/mol. The van der Waals surface area contributed by atoms with Crippen molar-refractivity contribution in [2.24, 2.45) is 0 Å². The molecule has 0 saturated carbocycles. The molecule has 0 saturated heterocycles. The Hall–Kier alpha value is -2.32. The van der Waals surface area contributed by atoms with Gasteiger partial charge in [0.15, 0.2) is 0 Å². The van der Waals surface area contributed by atoms with Gasteiger partial charge in [0.25, 0.3) is 8.32 Å². The Kier molecular flexibility index (Phi) is 5.30. The Morgan fingerprint density at radius 3 is 1.48 bits per heavy atom. The van der Waals surface area contributed by atoms with Crippen LogP contribution in [0.5, 0.6) is 5.75 Å². The number of rotatable bonds is 4. The molecule has 0 aliphatic rings. The molecule has 0 atom stereocenters. The van der Waals surface area contributed by atoms with Crippen LogP contribution < -0.4 is 4.43 Å². The Bertz CT molecular complexity index is 846. The minimum absolute atomic E-state index is 0.139. The van der Waals surface area contributed by atoms with Gasteiger partial charge in [-0.3, -0.25) is 0 Å². The van der Waals surface area contributed by atoms with E-state index >= 15 is 0 Å². The third kappa shape index (κ3) is 4.17. The zero-order valence-electron chi connectivity index (χ0n) is 17.3. The van der Waals surface area contributed by atoms with E-state index in [1.807, 2.05) is 0 Å². The van der Waals surface area contributed by atoms with Crippen molar-refractivity contribution in [3.8, 4) is 28.0 Å². The summed E-state index contributed by atoms with van der Waals surface area (Å²) in [5.74, 6) is 1.02. The van der Waals surface area contributed by atoms with Gasteiger partial charge in [0.05, 0.1) is 0 Å². The molecule has 0 amide bonds. The van der Waals surface area contributed by atoms with Gasteiger partial charge < -0.3 is 4.43 Å². The van der Waals surface area contributed by atoms with Gasteiger partial charge in [-0.2, -0.15) is 0 Å². The van der Waals surface area contributed by atoms with Gasteiger partial charge in [-0.05, 0) is 53.9 Å². The van der Waals surface area contributed by atoms with Crippen molar-refractivity contribution in [3.63, 3.8) is 0 Å². The van der Waals surface area contributed by atoms with E-state index in [0.717, 1.165) is 5.75 Å². The smallest absolute Gasteiger partial charge is 0.250 e. The minimum Gasteiger partial charge on any atom is -0.543 e. The van der Waals surface area contributed by atoms with Gasteiger partial charge in [0, 0.05) is 11.1 Å². The van der Waals surface area contributed by atoms with Gasteiger partial charge >= 0.3 is 0 Å². The highest BCUT2D eigenvalue weighted by atomic mass is 28.4. The van der Waals surface area contributed by atoms with Gasteiger partial charge in [0.2, 0.25) is 0 Å². The maximum atomic E-state index is 6.93. The fourth-order valence-corrected chi connectivity index (χ4v) is 3.99. The monoisotopic (exact) mass is 374 g/mol. The molecule has 0 spiro atoms. The second-order valence-electron chi connectivity index (χ2n) is 8.78. The standard InChI is InChI=1S/C25H30OSi/c1-19-17-22(20-13-9-7-10-14-20)24(26-27(5,6)25(2,3)4)23(18-19)21-15-11-8-12-16-21/h7-18H,1-6H3. The summed E-state index contributed by atoms with van der Waals surface area (Å²) in [6.45, 7) is 13.7. The molecule has 0 N–H and O–H groups in total. The van der Waals surface area contributed by atoms with Gasteiger partial charge in [0.1, 0.15) is 5.75 Å². The van der Waals surface area contributed by atoms with Crippen molar-refractivity contribution in [1.29, 1.82) is 0 Å². The van der Waals surface area contributed by atoms with Crippen molar-refractivity contribution in [1.82, 2.24) is 0 Å². The van der Waals surface area contributed by atoms with Gasteiger partial charge in [-0.15, -0.1) is 0 Å². The zero-order chi connectivity index (χ0) is 19.7. The van der Waals surface area contributed by atoms with E-state index in [1.165, 1.54) is 27.8 Å². The minimum atomic E-state index is -1.99.